The van der Waals surface area contributed by atoms with Crippen molar-refractivity contribution in [2.75, 3.05) is 19.6 Å². The van der Waals surface area contributed by atoms with Gasteiger partial charge in [0.1, 0.15) is 5.82 Å². The molecule has 1 aromatic rings. The summed E-state index contributed by atoms with van der Waals surface area (Å²) in [7, 11) is 0. The monoisotopic (exact) mass is 342 g/mol. The number of hydrogen-bond acceptors (Lipinski definition) is 2. The summed E-state index contributed by atoms with van der Waals surface area (Å²) >= 11 is 3.25. The number of amides is 1. The van der Waals surface area contributed by atoms with Crippen LogP contribution in [0.15, 0.2) is 22.7 Å². The lowest BCUT2D eigenvalue weighted by molar-refractivity contribution is 0.0926. The second kappa shape index (κ2) is 7.18. The van der Waals surface area contributed by atoms with Gasteiger partial charge in [-0.2, -0.15) is 0 Å². The largest absolute Gasteiger partial charge is 0.350 e. The fraction of sp³-hybridized carbons (Fsp3) is 0.533. The van der Waals surface area contributed by atoms with E-state index in [2.05, 4.69) is 33.1 Å². The van der Waals surface area contributed by atoms with Gasteiger partial charge in [0.2, 0.25) is 0 Å². The SMILES string of the molecule is CC(CNC(=O)c1cc(Br)ccc1F)N1CCCCC1. The van der Waals surface area contributed by atoms with Crippen LogP contribution in [0.5, 0.6) is 0 Å². The Morgan fingerprint density at radius 3 is 2.80 bits per heavy atom. The van der Waals surface area contributed by atoms with Crippen LogP contribution in [0.4, 0.5) is 4.39 Å². The Morgan fingerprint density at radius 1 is 1.40 bits per heavy atom. The number of hydrogen-bond donors (Lipinski definition) is 1. The maximum atomic E-state index is 13.6. The third kappa shape index (κ3) is 4.03. The summed E-state index contributed by atoms with van der Waals surface area (Å²) < 4.78 is 14.3. The first-order valence-electron chi connectivity index (χ1n) is 7.05. The summed E-state index contributed by atoms with van der Waals surface area (Å²) in [6.07, 6.45) is 3.73. The molecule has 0 saturated carbocycles. The molecule has 1 atom stereocenters. The highest BCUT2D eigenvalue weighted by Crippen LogP contribution is 2.16. The Hall–Kier alpha value is -0.940. The third-order valence-electron chi connectivity index (χ3n) is 3.75. The molecular formula is C15H20BrFN2O. The molecule has 2 rings (SSSR count). The minimum atomic E-state index is -0.490. The lowest BCUT2D eigenvalue weighted by atomic mass is 10.1. The van der Waals surface area contributed by atoms with Crippen molar-refractivity contribution in [1.29, 1.82) is 0 Å². The summed E-state index contributed by atoms with van der Waals surface area (Å²) in [6, 6.07) is 4.68. The van der Waals surface area contributed by atoms with Crippen molar-refractivity contribution in [3.8, 4) is 0 Å². The van der Waals surface area contributed by atoms with E-state index in [4.69, 9.17) is 0 Å². The summed E-state index contributed by atoms with van der Waals surface area (Å²) in [5.41, 5.74) is 0.0882. The summed E-state index contributed by atoms with van der Waals surface area (Å²) in [4.78, 5) is 14.4. The Kier molecular flexibility index (Phi) is 5.54. The van der Waals surface area contributed by atoms with Crippen molar-refractivity contribution in [3.63, 3.8) is 0 Å². The number of nitrogens with zero attached hydrogens (tertiary/aromatic N) is 1. The number of piperidine rings is 1. The number of carbonyl (C=O) groups excluding carboxylic acids is 1. The predicted molar refractivity (Wildman–Crippen MR) is 81.3 cm³/mol. The highest BCUT2D eigenvalue weighted by molar-refractivity contribution is 9.10. The molecule has 20 heavy (non-hydrogen) atoms. The van der Waals surface area contributed by atoms with Gasteiger partial charge in [0.25, 0.3) is 5.91 Å². The molecular weight excluding hydrogens is 323 g/mol. The third-order valence-corrected chi connectivity index (χ3v) is 4.24. The first-order valence-corrected chi connectivity index (χ1v) is 7.84. The Morgan fingerprint density at radius 2 is 2.10 bits per heavy atom. The van der Waals surface area contributed by atoms with Crippen LogP contribution in [0, 0.1) is 5.82 Å². The van der Waals surface area contributed by atoms with Crippen LogP contribution in [-0.4, -0.2) is 36.5 Å². The zero-order valence-electron chi connectivity index (χ0n) is 11.7. The molecule has 0 spiro atoms. The number of rotatable bonds is 4. The minimum absolute atomic E-state index is 0.0882. The number of nitrogens with one attached hydrogen (secondary N) is 1. The molecule has 0 aliphatic carbocycles. The average Bonchev–Trinajstić information content (AvgIpc) is 2.47. The van der Waals surface area contributed by atoms with E-state index in [0.29, 0.717) is 11.0 Å². The minimum Gasteiger partial charge on any atom is -0.350 e. The maximum Gasteiger partial charge on any atom is 0.254 e. The summed E-state index contributed by atoms with van der Waals surface area (Å²) in [6.45, 7) is 4.82. The number of likely N-dealkylation sites (tertiary alicyclic amines) is 1. The van der Waals surface area contributed by atoms with Crippen LogP contribution >= 0.6 is 15.9 Å². The van der Waals surface area contributed by atoms with Crippen LogP contribution in [0.1, 0.15) is 36.5 Å². The maximum absolute atomic E-state index is 13.6. The Bertz CT molecular complexity index is 475. The van der Waals surface area contributed by atoms with E-state index in [1.54, 1.807) is 6.07 Å². The predicted octanol–water partition coefficient (Wildman–Crippen LogP) is 3.19. The van der Waals surface area contributed by atoms with Crippen molar-refractivity contribution < 1.29 is 9.18 Å². The van der Waals surface area contributed by atoms with Gasteiger partial charge < -0.3 is 5.32 Å². The molecule has 3 nitrogen and oxygen atoms in total. The average molecular weight is 343 g/mol. The molecule has 1 amide bonds. The van der Waals surface area contributed by atoms with E-state index in [1.807, 2.05) is 0 Å². The molecule has 1 aromatic carbocycles. The van der Waals surface area contributed by atoms with Crippen molar-refractivity contribution in [2.45, 2.75) is 32.2 Å². The second-order valence-corrected chi connectivity index (χ2v) is 6.20. The smallest absolute Gasteiger partial charge is 0.254 e. The van der Waals surface area contributed by atoms with E-state index in [1.165, 1.54) is 31.4 Å². The van der Waals surface area contributed by atoms with Gasteiger partial charge in [0, 0.05) is 17.1 Å². The van der Waals surface area contributed by atoms with Gasteiger partial charge in [0.05, 0.1) is 5.56 Å². The zero-order chi connectivity index (χ0) is 14.5. The first kappa shape index (κ1) is 15.4. The molecule has 0 bridgehead atoms. The zero-order valence-corrected chi connectivity index (χ0v) is 13.2. The van der Waals surface area contributed by atoms with E-state index < -0.39 is 5.82 Å². The van der Waals surface area contributed by atoms with Crippen LogP contribution in [-0.2, 0) is 0 Å². The molecule has 110 valence electrons. The van der Waals surface area contributed by atoms with E-state index >= 15 is 0 Å². The highest BCUT2D eigenvalue weighted by Gasteiger charge is 2.18. The highest BCUT2D eigenvalue weighted by atomic mass is 79.9. The first-order chi connectivity index (χ1) is 9.58. The number of benzene rings is 1. The molecule has 1 heterocycles. The lowest BCUT2D eigenvalue weighted by Gasteiger charge is -2.32. The van der Waals surface area contributed by atoms with Crippen LogP contribution in [0.3, 0.4) is 0 Å². The fourth-order valence-electron chi connectivity index (χ4n) is 2.50. The number of carbonyl (C=O) groups is 1. The van der Waals surface area contributed by atoms with Gasteiger partial charge in [-0.1, -0.05) is 22.4 Å². The molecule has 1 aliphatic rings. The van der Waals surface area contributed by atoms with Gasteiger partial charge in [-0.25, -0.2) is 4.39 Å². The van der Waals surface area contributed by atoms with Crippen molar-refractivity contribution >= 4 is 21.8 Å². The summed E-state index contributed by atoms with van der Waals surface area (Å²) in [5, 5.41) is 2.82. The molecule has 5 heteroatoms. The molecule has 0 radical (unpaired) electrons. The summed E-state index contributed by atoms with van der Waals surface area (Å²) in [5.74, 6) is -0.844. The van der Waals surface area contributed by atoms with Crippen molar-refractivity contribution in [1.82, 2.24) is 10.2 Å². The normalized spacial score (nSPS) is 17.8. The molecule has 0 aromatic heterocycles. The van der Waals surface area contributed by atoms with Gasteiger partial charge in [0.15, 0.2) is 0 Å². The molecule has 1 fully saturated rings. The second-order valence-electron chi connectivity index (χ2n) is 5.28. The molecule has 1 N–H and O–H groups in total. The molecule has 1 saturated heterocycles. The molecule has 1 aliphatic heterocycles. The Balaban J connectivity index is 1.89. The van der Waals surface area contributed by atoms with Crippen LogP contribution in [0.25, 0.3) is 0 Å². The van der Waals surface area contributed by atoms with Crippen LogP contribution in [0.2, 0.25) is 0 Å². The molecule has 1 unspecified atom stereocenters. The van der Waals surface area contributed by atoms with Gasteiger partial charge in [-0.15, -0.1) is 0 Å². The van der Waals surface area contributed by atoms with E-state index in [0.717, 1.165) is 13.1 Å². The lowest BCUT2D eigenvalue weighted by Crippen LogP contribution is -2.44. The van der Waals surface area contributed by atoms with Crippen molar-refractivity contribution in [2.24, 2.45) is 0 Å². The van der Waals surface area contributed by atoms with Gasteiger partial charge in [-0.3, -0.25) is 9.69 Å². The van der Waals surface area contributed by atoms with E-state index in [-0.39, 0.29) is 17.5 Å². The van der Waals surface area contributed by atoms with Gasteiger partial charge >= 0.3 is 0 Å². The van der Waals surface area contributed by atoms with Crippen LogP contribution < -0.4 is 5.32 Å². The van der Waals surface area contributed by atoms with Gasteiger partial charge in [-0.05, 0) is 51.1 Å². The number of halogens is 2. The van der Waals surface area contributed by atoms with Crippen molar-refractivity contribution in [3.05, 3.63) is 34.1 Å². The fourth-order valence-corrected chi connectivity index (χ4v) is 2.86. The topological polar surface area (TPSA) is 32.3 Å². The quantitative estimate of drug-likeness (QED) is 0.911. The van der Waals surface area contributed by atoms with E-state index in [9.17, 15) is 9.18 Å². The standard InChI is InChI=1S/C15H20BrFN2O/c1-11(19-7-3-2-4-8-19)10-18-15(20)13-9-12(16)5-6-14(13)17/h5-6,9,11H,2-4,7-8,10H2,1H3,(H,18,20). The Labute approximate surface area is 127 Å².